The summed E-state index contributed by atoms with van der Waals surface area (Å²) in [6.07, 6.45) is 1.95. The van der Waals surface area contributed by atoms with Crippen LogP contribution in [0.1, 0.15) is 0 Å². The van der Waals surface area contributed by atoms with E-state index < -0.39 is 10.0 Å². The summed E-state index contributed by atoms with van der Waals surface area (Å²) in [5.41, 5.74) is 1.30. The molecule has 126 valence electrons. The summed E-state index contributed by atoms with van der Waals surface area (Å²) in [5, 5.41) is 0.318. The van der Waals surface area contributed by atoms with Gasteiger partial charge >= 0.3 is 0 Å². The van der Waals surface area contributed by atoms with E-state index in [1.54, 1.807) is 36.0 Å². The lowest BCUT2D eigenvalue weighted by Crippen LogP contribution is -2.14. The van der Waals surface area contributed by atoms with Crippen molar-refractivity contribution in [1.82, 2.24) is 4.98 Å². The highest BCUT2D eigenvalue weighted by Crippen LogP contribution is 2.32. The van der Waals surface area contributed by atoms with Crippen molar-refractivity contribution in [1.29, 1.82) is 0 Å². The third-order valence-corrected chi connectivity index (χ3v) is 6.85. The number of nitrogens with one attached hydrogen (secondary N) is 1. The van der Waals surface area contributed by atoms with Gasteiger partial charge in [0.15, 0.2) is 4.34 Å². The summed E-state index contributed by atoms with van der Waals surface area (Å²) < 4.78 is 34.9. The normalized spacial score (nSPS) is 11.6. The van der Waals surface area contributed by atoms with Crippen LogP contribution in [-0.2, 0) is 10.0 Å². The Morgan fingerprint density at radius 3 is 2.75 bits per heavy atom. The zero-order chi connectivity index (χ0) is 17.3. The van der Waals surface area contributed by atoms with Crippen molar-refractivity contribution in [2.75, 3.05) is 18.1 Å². The molecule has 1 heterocycles. The van der Waals surface area contributed by atoms with E-state index >= 15 is 0 Å². The van der Waals surface area contributed by atoms with Gasteiger partial charge in [-0.2, -0.15) is 0 Å². The maximum Gasteiger partial charge on any atom is 0.265 e. The van der Waals surface area contributed by atoms with E-state index in [-0.39, 0.29) is 10.6 Å². The fourth-order valence-corrected chi connectivity index (χ4v) is 5.14. The van der Waals surface area contributed by atoms with Gasteiger partial charge in [-0.1, -0.05) is 23.4 Å². The van der Waals surface area contributed by atoms with E-state index in [1.165, 1.54) is 30.6 Å². The fourth-order valence-electron chi connectivity index (χ4n) is 2.12. The van der Waals surface area contributed by atoms with Crippen molar-refractivity contribution < 1.29 is 13.2 Å². The predicted molar refractivity (Wildman–Crippen MR) is 100 cm³/mol. The first-order valence-corrected chi connectivity index (χ1v) is 10.6. The number of sulfonamides is 1. The molecular weight excluding hydrogens is 388 g/mol. The Balaban J connectivity index is 1.99. The first kappa shape index (κ1) is 17.3. The molecular formula is C15H13ClN2O3S3. The SMILES string of the molecule is COc1ccc(Cl)cc1S(=O)(=O)Nc1ccc2nc(SC)sc2c1. The largest absolute Gasteiger partial charge is 0.495 e. The molecule has 3 aromatic rings. The number of fused-ring (bicyclic) bond motifs is 1. The molecule has 3 rings (SSSR count). The van der Waals surface area contributed by atoms with Crippen molar-refractivity contribution in [2.45, 2.75) is 9.24 Å². The van der Waals surface area contributed by atoms with Crippen molar-refractivity contribution in [2.24, 2.45) is 0 Å². The Labute approximate surface area is 153 Å². The lowest BCUT2D eigenvalue weighted by molar-refractivity contribution is 0.403. The Bertz CT molecular complexity index is 1000. The number of rotatable bonds is 5. The second-order valence-electron chi connectivity index (χ2n) is 4.77. The quantitative estimate of drug-likeness (QED) is 0.639. The molecule has 0 atom stereocenters. The molecule has 1 N–H and O–H groups in total. The second kappa shape index (κ2) is 6.79. The Kier molecular flexibility index (Phi) is 4.91. The Morgan fingerprint density at radius 1 is 1.25 bits per heavy atom. The Morgan fingerprint density at radius 2 is 2.04 bits per heavy atom. The van der Waals surface area contributed by atoms with Crippen molar-refractivity contribution in [3.63, 3.8) is 0 Å². The molecule has 0 bridgehead atoms. The smallest absolute Gasteiger partial charge is 0.265 e. The molecule has 0 saturated carbocycles. The van der Waals surface area contributed by atoms with E-state index in [9.17, 15) is 8.42 Å². The van der Waals surface area contributed by atoms with Crippen LogP contribution in [0.15, 0.2) is 45.6 Å². The molecule has 9 heteroatoms. The van der Waals surface area contributed by atoms with E-state index in [4.69, 9.17) is 16.3 Å². The number of halogens is 1. The molecule has 0 amide bonds. The number of hydrogen-bond donors (Lipinski definition) is 1. The van der Waals surface area contributed by atoms with Gasteiger partial charge in [0.2, 0.25) is 0 Å². The number of nitrogens with zero attached hydrogens (tertiary/aromatic N) is 1. The highest BCUT2D eigenvalue weighted by Gasteiger charge is 2.20. The number of hydrogen-bond acceptors (Lipinski definition) is 6. The van der Waals surface area contributed by atoms with Gasteiger partial charge in [-0.15, -0.1) is 11.3 Å². The van der Waals surface area contributed by atoms with Crippen molar-refractivity contribution >= 4 is 60.6 Å². The van der Waals surface area contributed by atoms with Gasteiger partial charge < -0.3 is 4.74 Å². The van der Waals surface area contributed by atoms with Crippen LogP contribution in [0.4, 0.5) is 5.69 Å². The molecule has 2 aromatic carbocycles. The zero-order valence-corrected chi connectivity index (χ0v) is 15.9. The van der Waals surface area contributed by atoms with Crippen LogP contribution in [0.25, 0.3) is 10.2 Å². The standard InChI is InChI=1S/C15H13ClN2O3S3/c1-21-12-6-3-9(16)7-14(12)24(19,20)18-10-4-5-11-13(8-10)23-15(17-11)22-2/h3-8,18H,1-2H3. The van der Waals surface area contributed by atoms with Gasteiger partial charge in [-0.05, 0) is 42.7 Å². The first-order chi connectivity index (χ1) is 11.4. The van der Waals surface area contributed by atoms with E-state index in [0.717, 1.165) is 14.6 Å². The van der Waals surface area contributed by atoms with Crippen molar-refractivity contribution in [3.8, 4) is 5.75 Å². The molecule has 5 nitrogen and oxygen atoms in total. The highest BCUT2D eigenvalue weighted by atomic mass is 35.5. The van der Waals surface area contributed by atoms with E-state index in [2.05, 4.69) is 9.71 Å². The molecule has 0 spiro atoms. The van der Waals surface area contributed by atoms with E-state index in [0.29, 0.717) is 10.7 Å². The van der Waals surface area contributed by atoms with Gasteiger partial charge in [0.25, 0.3) is 10.0 Å². The highest BCUT2D eigenvalue weighted by molar-refractivity contribution is 8.00. The van der Waals surface area contributed by atoms with Crippen LogP contribution < -0.4 is 9.46 Å². The molecule has 0 saturated heterocycles. The lowest BCUT2D eigenvalue weighted by atomic mass is 10.3. The van der Waals surface area contributed by atoms with E-state index in [1.807, 2.05) is 6.26 Å². The number of ether oxygens (including phenoxy) is 1. The van der Waals surface area contributed by atoms with Crippen LogP contribution in [-0.4, -0.2) is 26.8 Å². The van der Waals surface area contributed by atoms with Gasteiger partial charge in [-0.3, -0.25) is 4.72 Å². The lowest BCUT2D eigenvalue weighted by Gasteiger charge is -2.12. The summed E-state index contributed by atoms with van der Waals surface area (Å²) in [6.45, 7) is 0. The zero-order valence-electron chi connectivity index (χ0n) is 12.7. The molecule has 0 fully saturated rings. The van der Waals surface area contributed by atoms with Crippen molar-refractivity contribution in [3.05, 3.63) is 41.4 Å². The maximum atomic E-state index is 12.7. The first-order valence-electron chi connectivity index (χ1n) is 6.74. The average molecular weight is 401 g/mol. The third-order valence-electron chi connectivity index (χ3n) is 3.21. The Hall–Kier alpha value is -1.48. The number of methoxy groups -OCH3 is 1. The number of thiazole rings is 1. The molecule has 0 aliphatic rings. The summed E-state index contributed by atoms with van der Waals surface area (Å²) >= 11 is 8.99. The third kappa shape index (κ3) is 3.46. The van der Waals surface area contributed by atoms with Gasteiger partial charge in [0.1, 0.15) is 10.6 Å². The van der Waals surface area contributed by atoms with Crippen LogP contribution in [0.5, 0.6) is 5.75 Å². The summed E-state index contributed by atoms with van der Waals surface area (Å²) in [4.78, 5) is 4.43. The summed E-state index contributed by atoms with van der Waals surface area (Å²) in [7, 11) is -2.41. The molecule has 0 unspecified atom stereocenters. The molecule has 0 aliphatic heterocycles. The minimum atomic E-state index is -3.83. The number of benzene rings is 2. The van der Waals surface area contributed by atoms with Crippen LogP contribution in [0.3, 0.4) is 0 Å². The minimum Gasteiger partial charge on any atom is -0.495 e. The predicted octanol–water partition coefficient (Wildman–Crippen LogP) is 4.48. The topological polar surface area (TPSA) is 68.3 Å². The van der Waals surface area contributed by atoms with Gasteiger partial charge in [0.05, 0.1) is 23.0 Å². The monoisotopic (exact) mass is 400 g/mol. The fraction of sp³-hybridized carbons (Fsp3) is 0.133. The number of thioether (sulfide) groups is 1. The second-order valence-corrected chi connectivity index (χ2v) is 8.94. The van der Waals surface area contributed by atoms with Crippen LogP contribution >= 0.6 is 34.7 Å². The molecule has 0 aliphatic carbocycles. The average Bonchev–Trinajstić information content (AvgIpc) is 2.97. The van der Waals surface area contributed by atoms with Gasteiger partial charge in [0, 0.05) is 5.02 Å². The van der Waals surface area contributed by atoms with Gasteiger partial charge in [-0.25, -0.2) is 13.4 Å². The summed E-state index contributed by atoms with van der Waals surface area (Å²) in [5.74, 6) is 0.232. The minimum absolute atomic E-state index is 0.00768. The molecule has 0 radical (unpaired) electrons. The summed E-state index contributed by atoms with van der Waals surface area (Å²) in [6, 6.07) is 9.70. The van der Waals surface area contributed by atoms with Crippen LogP contribution in [0.2, 0.25) is 5.02 Å². The maximum absolute atomic E-state index is 12.7. The van der Waals surface area contributed by atoms with Crippen LogP contribution in [0, 0.1) is 0 Å². The molecule has 1 aromatic heterocycles. The molecule has 24 heavy (non-hydrogen) atoms. The number of aromatic nitrogens is 1. The number of anilines is 1.